The van der Waals surface area contributed by atoms with Crippen LogP contribution in [-0.2, 0) is 0 Å². The highest BCUT2D eigenvalue weighted by Gasteiger charge is 2.36. The second-order valence-electron chi connectivity index (χ2n) is 6.19. The van der Waals surface area contributed by atoms with Crippen molar-refractivity contribution in [3.05, 3.63) is 30.6 Å². The predicted molar refractivity (Wildman–Crippen MR) is 83.9 cm³/mol. The van der Waals surface area contributed by atoms with Crippen molar-refractivity contribution in [3.63, 3.8) is 0 Å². The fourth-order valence-corrected chi connectivity index (χ4v) is 4.15. The lowest BCUT2D eigenvalue weighted by Gasteiger charge is -2.33. The van der Waals surface area contributed by atoms with Crippen molar-refractivity contribution >= 4 is 22.1 Å². The van der Waals surface area contributed by atoms with E-state index in [0.29, 0.717) is 0 Å². The number of hydrogen-bond donors (Lipinski definition) is 1. The van der Waals surface area contributed by atoms with Crippen LogP contribution >= 0.6 is 0 Å². The van der Waals surface area contributed by atoms with E-state index in [1.54, 1.807) is 0 Å². The average Bonchev–Trinajstić information content (AvgIpc) is 2.92. The first kappa shape index (κ1) is 12.0. The molecule has 2 fully saturated rings. The van der Waals surface area contributed by atoms with Crippen LogP contribution in [0.3, 0.4) is 0 Å². The van der Waals surface area contributed by atoms with Gasteiger partial charge in [0.25, 0.3) is 0 Å². The van der Waals surface area contributed by atoms with Gasteiger partial charge in [-0.2, -0.15) is 0 Å². The molecule has 2 aromatic rings. The Labute approximate surface area is 119 Å². The Balaban J connectivity index is 1.81. The third kappa shape index (κ3) is 1.76. The third-order valence-corrected chi connectivity index (χ3v) is 5.15. The summed E-state index contributed by atoms with van der Waals surface area (Å²) >= 11 is 0. The number of aromatic nitrogens is 1. The van der Waals surface area contributed by atoms with Crippen molar-refractivity contribution in [2.45, 2.75) is 38.1 Å². The van der Waals surface area contributed by atoms with Gasteiger partial charge in [0.2, 0.25) is 0 Å². The summed E-state index contributed by atoms with van der Waals surface area (Å²) in [6.07, 6.45) is 10.7. The number of anilines is 2. The molecule has 1 aliphatic carbocycles. The SMILES string of the molecule is Nc1ccc(N2CCC3CCCCC32)c2cnccc12. The highest BCUT2D eigenvalue weighted by atomic mass is 15.2. The summed E-state index contributed by atoms with van der Waals surface area (Å²) in [5.41, 5.74) is 8.29. The van der Waals surface area contributed by atoms with Crippen LogP contribution in [0.5, 0.6) is 0 Å². The number of pyridine rings is 1. The van der Waals surface area contributed by atoms with Crippen molar-refractivity contribution in [2.75, 3.05) is 17.2 Å². The minimum atomic E-state index is 0.732. The minimum Gasteiger partial charge on any atom is -0.398 e. The van der Waals surface area contributed by atoms with Crippen LogP contribution in [-0.4, -0.2) is 17.6 Å². The predicted octanol–water partition coefficient (Wildman–Crippen LogP) is 3.59. The fourth-order valence-electron chi connectivity index (χ4n) is 4.15. The molecule has 0 radical (unpaired) electrons. The van der Waals surface area contributed by atoms with Crippen molar-refractivity contribution in [1.29, 1.82) is 0 Å². The zero-order valence-corrected chi connectivity index (χ0v) is 11.8. The monoisotopic (exact) mass is 267 g/mol. The molecule has 2 aliphatic rings. The summed E-state index contributed by atoms with van der Waals surface area (Å²) in [7, 11) is 0. The van der Waals surface area contributed by atoms with Crippen molar-refractivity contribution < 1.29 is 0 Å². The van der Waals surface area contributed by atoms with Crippen LogP contribution in [0.25, 0.3) is 10.8 Å². The number of hydrogen-bond acceptors (Lipinski definition) is 3. The molecule has 1 aliphatic heterocycles. The zero-order valence-electron chi connectivity index (χ0n) is 11.8. The number of fused-ring (bicyclic) bond motifs is 2. The Morgan fingerprint density at radius 3 is 2.90 bits per heavy atom. The van der Waals surface area contributed by atoms with Gasteiger partial charge >= 0.3 is 0 Å². The fraction of sp³-hybridized carbons (Fsp3) is 0.471. The lowest BCUT2D eigenvalue weighted by Crippen LogP contribution is -2.34. The summed E-state index contributed by atoms with van der Waals surface area (Å²) in [6.45, 7) is 1.18. The Morgan fingerprint density at radius 2 is 1.95 bits per heavy atom. The van der Waals surface area contributed by atoms with Crippen LogP contribution in [0.1, 0.15) is 32.1 Å². The van der Waals surface area contributed by atoms with Crippen LogP contribution < -0.4 is 10.6 Å². The summed E-state index contributed by atoms with van der Waals surface area (Å²) in [4.78, 5) is 6.93. The Hall–Kier alpha value is -1.77. The number of nitrogen functional groups attached to an aromatic ring is 1. The van der Waals surface area contributed by atoms with E-state index in [0.717, 1.165) is 23.0 Å². The average molecular weight is 267 g/mol. The molecule has 1 saturated heterocycles. The van der Waals surface area contributed by atoms with Gasteiger partial charge in [-0.1, -0.05) is 12.8 Å². The Morgan fingerprint density at radius 1 is 1.05 bits per heavy atom. The molecule has 2 unspecified atom stereocenters. The van der Waals surface area contributed by atoms with Gasteiger partial charge in [0.15, 0.2) is 0 Å². The van der Waals surface area contributed by atoms with Crippen LogP contribution in [0.15, 0.2) is 30.6 Å². The molecule has 0 spiro atoms. The maximum atomic E-state index is 6.11. The maximum Gasteiger partial charge on any atom is 0.0465 e. The van der Waals surface area contributed by atoms with Crippen molar-refractivity contribution in [1.82, 2.24) is 4.98 Å². The first-order valence-electron chi connectivity index (χ1n) is 7.73. The molecule has 2 N–H and O–H groups in total. The van der Waals surface area contributed by atoms with Gasteiger partial charge in [-0.15, -0.1) is 0 Å². The summed E-state index contributed by atoms with van der Waals surface area (Å²) in [5.74, 6) is 0.896. The van der Waals surface area contributed by atoms with Crippen LogP contribution in [0.4, 0.5) is 11.4 Å². The second-order valence-corrected chi connectivity index (χ2v) is 6.19. The zero-order chi connectivity index (χ0) is 13.5. The number of rotatable bonds is 1. The molecule has 104 valence electrons. The second kappa shape index (κ2) is 4.65. The molecule has 3 nitrogen and oxygen atoms in total. The maximum absolute atomic E-state index is 6.11. The molecule has 1 saturated carbocycles. The molecule has 0 bridgehead atoms. The molecule has 2 atom stereocenters. The van der Waals surface area contributed by atoms with Gasteiger partial charge in [0.05, 0.1) is 0 Å². The van der Waals surface area contributed by atoms with Crippen LogP contribution in [0.2, 0.25) is 0 Å². The number of nitrogens with two attached hydrogens (primary N) is 1. The van der Waals surface area contributed by atoms with Crippen LogP contribution in [0, 0.1) is 5.92 Å². The van der Waals surface area contributed by atoms with Gasteiger partial charge in [-0.25, -0.2) is 0 Å². The molecular weight excluding hydrogens is 246 g/mol. The van der Waals surface area contributed by atoms with E-state index in [1.165, 1.54) is 49.7 Å². The van der Waals surface area contributed by atoms with E-state index in [2.05, 4.69) is 16.0 Å². The normalized spacial score (nSPS) is 25.9. The lowest BCUT2D eigenvalue weighted by molar-refractivity contribution is 0.342. The number of benzene rings is 1. The smallest absolute Gasteiger partial charge is 0.0465 e. The Kier molecular flexibility index (Phi) is 2.79. The molecular formula is C17H21N3. The largest absolute Gasteiger partial charge is 0.398 e. The minimum absolute atomic E-state index is 0.732. The third-order valence-electron chi connectivity index (χ3n) is 5.15. The van der Waals surface area contributed by atoms with E-state index >= 15 is 0 Å². The lowest BCUT2D eigenvalue weighted by atomic mass is 9.85. The standard InChI is InChI=1S/C17H21N3/c18-15-5-6-17(14-11-19-9-7-13(14)15)20-10-8-12-3-1-2-4-16(12)20/h5-7,9,11-12,16H,1-4,8,10,18H2. The van der Waals surface area contributed by atoms with Crippen molar-refractivity contribution in [2.24, 2.45) is 5.92 Å². The van der Waals surface area contributed by atoms with E-state index in [4.69, 9.17) is 5.73 Å². The summed E-state index contributed by atoms with van der Waals surface area (Å²) in [6, 6.07) is 7.00. The highest BCUT2D eigenvalue weighted by molar-refractivity contribution is 6.01. The molecule has 2 heterocycles. The van der Waals surface area contributed by atoms with Gasteiger partial charge in [-0.05, 0) is 43.4 Å². The summed E-state index contributed by atoms with van der Waals surface area (Å²) < 4.78 is 0. The molecule has 4 rings (SSSR count). The topological polar surface area (TPSA) is 42.1 Å². The van der Waals surface area contributed by atoms with E-state index in [9.17, 15) is 0 Å². The molecule has 1 aromatic carbocycles. The molecule has 3 heteroatoms. The molecule has 20 heavy (non-hydrogen) atoms. The summed E-state index contributed by atoms with van der Waals surface area (Å²) in [5, 5.41) is 2.34. The van der Waals surface area contributed by atoms with Gasteiger partial charge < -0.3 is 10.6 Å². The van der Waals surface area contributed by atoms with E-state index in [-0.39, 0.29) is 0 Å². The Bertz CT molecular complexity index is 637. The van der Waals surface area contributed by atoms with Crippen molar-refractivity contribution in [3.8, 4) is 0 Å². The van der Waals surface area contributed by atoms with Gasteiger partial charge in [-0.3, -0.25) is 4.98 Å². The first-order valence-corrected chi connectivity index (χ1v) is 7.73. The van der Waals surface area contributed by atoms with Gasteiger partial charge in [0.1, 0.15) is 0 Å². The number of nitrogens with zero attached hydrogens (tertiary/aromatic N) is 2. The molecule has 0 amide bonds. The van der Waals surface area contributed by atoms with E-state index < -0.39 is 0 Å². The van der Waals surface area contributed by atoms with E-state index in [1.807, 2.05) is 24.5 Å². The molecule has 1 aromatic heterocycles. The highest BCUT2D eigenvalue weighted by Crippen LogP contribution is 2.41. The first-order chi connectivity index (χ1) is 9.84. The van der Waals surface area contributed by atoms with Gasteiger partial charge in [0, 0.05) is 47.1 Å². The quantitative estimate of drug-likeness (QED) is 0.803.